The lowest BCUT2D eigenvalue weighted by Gasteiger charge is -2.09. The van der Waals surface area contributed by atoms with Gasteiger partial charge in [0.2, 0.25) is 0 Å². The van der Waals surface area contributed by atoms with Crippen LogP contribution in [0.3, 0.4) is 0 Å². The molecule has 98 valence electrons. The second-order valence-electron chi connectivity index (χ2n) is 4.11. The van der Waals surface area contributed by atoms with E-state index in [4.69, 9.17) is 5.73 Å². The number of nitrogens with zero attached hydrogens (tertiary/aromatic N) is 1. The predicted octanol–water partition coefficient (Wildman–Crippen LogP) is 2.24. The highest BCUT2D eigenvalue weighted by Gasteiger charge is 2.10. The first-order chi connectivity index (χ1) is 9.11. The van der Waals surface area contributed by atoms with Crippen molar-refractivity contribution in [3.05, 3.63) is 59.2 Å². The fourth-order valence-corrected chi connectivity index (χ4v) is 1.67. The van der Waals surface area contributed by atoms with Crippen LogP contribution in [0.2, 0.25) is 0 Å². The van der Waals surface area contributed by atoms with E-state index in [0.29, 0.717) is 22.5 Å². The molecule has 0 atom stereocenters. The van der Waals surface area contributed by atoms with Crippen molar-refractivity contribution in [3.63, 3.8) is 0 Å². The Balaban J connectivity index is 2.23. The molecule has 0 spiro atoms. The molecule has 0 aliphatic heterocycles. The van der Waals surface area contributed by atoms with Crippen LogP contribution in [-0.2, 0) is 6.54 Å². The van der Waals surface area contributed by atoms with Gasteiger partial charge in [-0.25, -0.2) is 4.39 Å². The van der Waals surface area contributed by atoms with Crippen molar-refractivity contribution in [2.75, 3.05) is 5.32 Å². The minimum absolute atomic E-state index is 0.264. The van der Waals surface area contributed by atoms with E-state index < -0.39 is 0 Å². The van der Waals surface area contributed by atoms with Crippen LogP contribution in [0.15, 0.2) is 36.5 Å². The molecule has 3 N–H and O–H groups in total. The van der Waals surface area contributed by atoms with Crippen molar-refractivity contribution in [3.8, 4) is 0 Å². The van der Waals surface area contributed by atoms with E-state index in [1.54, 1.807) is 31.2 Å². The highest BCUT2D eigenvalue weighted by Crippen LogP contribution is 2.18. The van der Waals surface area contributed by atoms with Crippen LogP contribution < -0.4 is 11.1 Å². The van der Waals surface area contributed by atoms with E-state index in [0.717, 1.165) is 0 Å². The predicted molar refractivity (Wildman–Crippen MR) is 71.2 cm³/mol. The standard InChI is InChI=1S/C14H14FN3O/c1-9-12(15)3-2-4-13(9)18-14(19)10-5-6-17-11(7-10)8-16/h2-7H,8,16H2,1H3,(H,18,19). The van der Waals surface area contributed by atoms with Crippen molar-refractivity contribution < 1.29 is 9.18 Å². The third-order valence-electron chi connectivity index (χ3n) is 2.80. The first-order valence-corrected chi connectivity index (χ1v) is 5.83. The molecule has 4 nitrogen and oxygen atoms in total. The van der Waals surface area contributed by atoms with Crippen LogP contribution in [-0.4, -0.2) is 10.9 Å². The van der Waals surface area contributed by atoms with Gasteiger partial charge >= 0.3 is 0 Å². The number of nitrogens with two attached hydrogens (primary N) is 1. The van der Waals surface area contributed by atoms with Gasteiger partial charge in [-0.15, -0.1) is 0 Å². The number of nitrogens with one attached hydrogen (secondary N) is 1. The number of rotatable bonds is 3. The maximum Gasteiger partial charge on any atom is 0.255 e. The zero-order valence-electron chi connectivity index (χ0n) is 10.5. The fraction of sp³-hybridized carbons (Fsp3) is 0.143. The normalized spacial score (nSPS) is 10.3. The third-order valence-corrected chi connectivity index (χ3v) is 2.80. The van der Waals surface area contributed by atoms with E-state index in [9.17, 15) is 9.18 Å². The van der Waals surface area contributed by atoms with Gasteiger partial charge in [-0.05, 0) is 31.2 Å². The lowest BCUT2D eigenvalue weighted by Crippen LogP contribution is -2.14. The van der Waals surface area contributed by atoms with Gasteiger partial charge < -0.3 is 11.1 Å². The molecule has 0 aliphatic rings. The van der Waals surface area contributed by atoms with E-state index in [-0.39, 0.29) is 18.3 Å². The fourth-order valence-electron chi connectivity index (χ4n) is 1.67. The summed E-state index contributed by atoms with van der Waals surface area (Å²) in [4.78, 5) is 16.1. The number of anilines is 1. The zero-order chi connectivity index (χ0) is 13.8. The van der Waals surface area contributed by atoms with Crippen molar-refractivity contribution in [2.45, 2.75) is 13.5 Å². The summed E-state index contributed by atoms with van der Waals surface area (Å²) >= 11 is 0. The van der Waals surface area contributed by atoms with Crippen molar-refractivity contribution in [1.82, 2.24) is 4.98 Å². The van der Waals surface area contributed by atoms with Crippen LogP contribution >= 0.6 is 0 Å². The number of pyridine rings is 1. The molecule has 0 fully saturated rings. The maximum atomic E-state index is 13.4. The van der Waals surface area contributed by atoms with Gasteiger partial charge in [-0.1, -0.05) is 6.07 Å². The smallest absolute Gasteiger partial charge is 0.255 e. The van der Waals surface area contributed by atoms with Gasteiger partial charge in [-0.2, -0.15) is 0 Å². The summed E-state index contributed by atoms with van der Waals surface area (Å²) < 4.78 is 13.4. The number of carbonyl (C=O) groups excluding carboxylic acids is 1. The monoisotopic (exact) mass is 259 g/mol. The van der Waals surface area contributed by atoms with Crippen LogP contribution in [0, 0.1) is 12.7 Å². The van der Waals surface area contributed by atoms with Crippen LogP contribution in [0.1, 0.15) is 21.6 Å². The first kappa shape index (κ1) is 13.2. The second-order valence-corrected chi connectivity index (χ2v) is 4.11. The van der Waals surface area contributed by atoms with Gasteiger partial charge in [0.15, 0.2) is 0 Å². The van der Waals surface area contributed by atoms with Gasteiger partial charge in [0, 0.05) is 29.6 Å². The quantitative estimate of drug-likeness (QED) is 0.888. The largest absolute Gasteiger partial charge is 0.325 e. The minimum Gasteiger partial charge on any atom is -0.325 e. The van der Waals surface area contributed by atoms with E-state index in [1.165, 1.54) is 12.3 Å². The summed E-state index contributed by atoms with van der Waals surface area (Å²) in [6.07, 6.45) is 1.52. The highest BCUT2D eigenvalue weighted by atomic mass is 19.1. The summed E-state index contributed by atoms with van der Waals surface area (Å²) in [7, 11) is 0. The molecule has 0 bridgehead atoms. The average Bonchev–Trinajstić information content (AvgIpc) is 2.44. The molecule has 0 radical (unpaired) electrons. The molecule has 2 rings (SSSR count). The van der Waals surface area contributed by atoms with Gasteiger partial charge in [0.05, 0.1) is 5.69 Å². The average molecular weight is 259 g/mol. The summed E-state index contributed by atoms with van der Waals surface area (Å²) in [5, 5.41) is 2.67. The third kappa shape index (κ3) is 2.95. The Morgan fingerprint density at radius 2 is 2.21 bits per heavy atom. The first-order valence-electron chi connectivity index (χ1n) is 5.83. The van der Waals surface area contributed by atoms with Gasteiger partial charge in [0.25, 0.3) is 5.91 Å². The molecule has 1 heterocycles. The number of aromatic nitrogens is 1. The van der Waals surface area contributed by atoms with E-state index >= 15 is 0 Å². The zero-order valence-corrected chi connectivity index (χ0v) is 10.5. The SMILES string of the molecule is Cc1c(F)cccc1NC(=O)c1ccnc(CN)c1. The molecule has 0 unspecified atom stereocenters. The van der Waals surface area contributed by atoms with E-state index in [1.807, 2.05) is 0 Å². The van der Waals surface area contributed by atoms with Crippen LogP contribution in [0.4, 0.5) is 10.1 Å². The second kappa shape index (κ2) is 5.58. The molecule has 1 aromatic carbocycles. The van der Waals surface area contributed by atoms with Crippen LogP contribution in [0.5, 0.6) is 0 Å². The lowest BCUT2D eigenvalue weighted by atomic mass is 10.1. The molecule has 2 aromatic rings. The number of hydrogen-bond donors (Lipinski definition) is 2. The number of amides is 1. The molecular weight excluding hydrogens is 245 g/mol. The minimum atomic E-state index is -0.352. The Bertz CT molecular complexity index is 613. The Morgan fingerprint density at radius 1 is 1.42 bits per heavy atom. The molecule has 0 saturated carbocycles. The molecular formula is C14H14FN3O. The maximum absolute atomic E-state index is 13.4. The molecule has 1 aromatic heterocycles. The summed E-state index contributed by atoms with van der Waals surface area (Å²) in [6, 6.07) is 7.76. The topological polar surface area (TPSA) is 68.0 Å². The molecule has 0 aliphatic carbocycles. The molecule has 0 saturated heterocycles. The number of hydrogen-bond acceptors (Lipinski definition) is 3. The summed E-state index contributed by atoms with van der Waals surface area (Å²) in [6.45, 7) is 1.88. The number of benzene rings is 1. The van der Waals surface area contributed by atoms with E-state index in [2.05, 4.69) is 10.3 Å². The Hall–Kier alpha value is -2.27. The lowest BCUT2D eigenvalue weighted by molar-refractivity contribution is 0.102. The Kier molecular flexibility index (Phi) is 3.87. The van der Waals surface area contributed by atoms with Gasteiger partial charge in [-0.3, -0.25) is 9.78 Å². The molecule has 5 heteroatoms. The number of carbonyl (C=O) groups is 1. The number of halogens is 1. The summed E-state index contributed by atoms with van der Waals surface area (Å²) in [5.41, 5.74) is 7.40. The Labute approximate surface area is 110 Å². The molecule has 19 heavy (non-hydrogen) atoms. The van der Waals surface area contributed by atoms with Crippen molar-refractivity contribution >= 4 is 11.6 Å². The summed E-state index contributed by atoms with van der Waals surface area (Å²) in [5.74, 6) is -0.666. The molecule has 1 amide bonds. The Morgan fingerprint density at radius 3 is 2.95 bits per heavy atom. The highest BCUT2D eigenvalue weighted by molar-refractivity contribution is 6.04. The van der Waals surface area contributed by atoms with Crippen molar-refractivity contribution in [2.24, 2.45) is 5.73 Å². The van der Waals surface area contributed by atoms with Gasteiger partial charge in [0.1, 0.15) is 5.82 Å². The van der Waals surface area contributed by atoms with Crippen molar-refractivity contribution in [1.29, 1.82) is 0 Å². The van der Waals surface area contributed by atoms with Crippen LogP contribution in [0.25, 0.3) is 0 Å².